The smallest absolute Gasteiger partial charge is 0.226 e. The first kappa shape index (κ1) is 15.5. The van der Waals surface area contributed by atoms with Gasteiger partial charge in [0, 0.05) is 18.5 Å². The molecule has 22 heavy (non-hydrogen) atoms. The molecular weight excluding hydrogens is 272 g/mol. The molecule has 0 spiro atoms. The topological polar surface area (TPSA) is 32.3 Å². The zero-order valence-corrected chi connectivity index (χ0v) is 13.6. The molecule has 1 heterocycles. The van der Waals surface area contributed by atoms with Gasteiger partial charge in [0.2, 0.25) is 5.91 Å². The number of carbonyl (C=O) groups is 1. The van der Waals surface area contributed by atoms with Crippen LogP contribution < -0.4 is 5.32 Å². The summed E-state index contributed by atoms with van der Waals surface area (Å²) in [4.78, 5) is 15.3. The molecule has 3 nitrogen and oxygen atoms in total. The molecule has 1 saturated carbocycles. The molecule has 0 aromatic heterocycles. The van der Waals surface area contributed by atoms with Crippen molar-refractivity contribution in [1.82, 2.24) is 10.2 Å². The van der Waals surface area contributed by atoms with Crippen LogP contribution in [0.15, 0.2) is 30.3 Å². The molecule has 0 radical (unpaired) electrons. The molecule has 3 heteroatoms. The number of rotatable bonds is 5. The van der Waals surface area contributed by atoms with E-state index in [-0.39, 0.29) is 5.92 Å². The molecule has 1 aliphatic carbocycles. The number of benzene rings is 1. The van der Waals surface area contributed by atoms with Crippen molar-refractivity contribution >= 4 is 5.91 Å². The molecule has 3 rings (SSSR count). The van der Waals surface area contributed by atoms with E-state index >= 15 is 0 Å². The normalized spacial score (nSPS) is 21.1. The first-order valence-corrected chi connectivity index (χ1v) is 8.81. The summed E-state index contributed by atoms with van der Waals surface area (Å²) in [6.07, 6.45) is 6.21. The minimum atomic E-state index is 0.145. The zero-order chi connectivity index (χ0) is 15.4. The van der Waals surface area contributed by atoms with E-state index in [0.717, 1.165) is 19.6 Å². The van der Waals surface area contributed by atoms with Crippen LogP contribution >= 0.6 is 0 Å². The van der Waals surface area contributed by atoms with Crippen molar-refractivity contribution in [1.29, 1.82) is 0 Å². The molecule has 1 N–H and O–H groups in total. The average Bonchev–Trinajstić information content (AvgIpc) is 2.52. The Bertz CT molecular complexity index is 477. The second-order valence-electron chi connectivity index (χ2n) is 6.95. The fourth-order valence-electron chi connectivity index (χ4n) is 3.69. The van der Waals surface area contributed by atoms with Gasteiger partial charge in [0.1, 0.15) is 0 Å². The van der Waals surface area contributed by atoms with Gasteiger partial charge in [-0.2, -0.15) is 0 Å². The summed E-state index contributed by atoms with van der Waals surface area (Å²) in [6, 6.07) is 10.9. The van der Waals surface area contributed by atoms with Crippen molar-refractivity contribution < 1.29 is 4.79 Å². The third-order valence-corrected chi connectivity index (χ3v) is 5.40. The standard InChI is InChI=1S/C19H28N2O/c1-15(17-12-20-13-17)19(22)21(18-10-6-3-7-11-18)14-16-8-4-2-5-9-16/h2,4-5,8-9,15,17-18,20H,3,6-7,10-14H2,1H3. The zero-order valence-electron chi connectivity index (χ0n) is 13.6. The highest BCUT2D eigenvalue weighted by molar-refractivity contribution is 5.79. The van der Waals surface area contributed by atoms with Gasteiger partial charge in [-0.25, -0.2) is 0 Å². The second kappa shape index (κ2) is 7.28. The molecular formula is C19H28N2O. The van der Waals surface area contributed by atoms with Gasteiger partial charge in [-0.15, -0.1) is 0 Å². The van der Waals surface area contributed by atoms with Crippen LogP contribution in [0.1, 0.15) is 44.6 Å². The van der Waals surface area contributed by atoms with Crippen LogP contribution in [-0.2, 0) is 11.3 Å². The van der Waals surface area contributed by atoms with E-state index in [1.807, 2.05) is 6.07 Å². The molecule has 1 unspecified atom stereocenters. The molecule has 1 saturated heterocycles. The minimum absolute atomic E-state index is 0.145. The molecule has 2 fully saturated rings. The Morgan fingerprint density at radius 2 is 1.86 bits per heavy atom. The molecule has 0 bridgehead atoms. The van der Waals surface area contributed by atoms with Crippen molar-refractivity contribution in [3.05, 3.63) is 35.9 Å². The van der Waals surface area contributed by atoms with Gasteiger partial charge in [-0.05, 0) is 37.4 Å². The number of amides is 1. The third kappa shape index (κ3) is 3.52. The van der Waals surface area contributed by atoms with Crippen LogP contribution in [0.25, 0.3) is 0 Å². The van der Waals surface area contributed by atoms with E-state index in [1.54, 1.807) is 0 Å². The van der Waals surface area contributed by atoms with Gasteiger partial charge in [0.15, 0.2) is 0 Å². The van der Waals surface area contributed by atoms with Gasteiger partial charge in [-0.3, -0.25) is 4.79 Å². The maximum Gasteiger partial charge on any atom is 0.226 e. The van der Waals surface area contributed by atoms with Crippen molar-refractivity contribution in [3.8, 4) is 0 Å². The molecule has 120 valence electrons. The van der Waals surface area contributed by atoms with Crippen molar-refractivity contribution in [2.45, 2.75) is 51.6 Å². The fraction of sp³-hybridized carbons (Fsp3) is 0.632. The van der Waals surface area contributed by atoms with Crippen molar-refractivity contribution in [3.63, 3.8) is 0 Å². The molecule has 2 aliphatic rings. The third-order valence-electron chi connectivity index (χ3n) is 5.40. The Hall–Kier alpha value is -1.35. The Kier molecular flexibility index (Phi) is 5.14. The highest BCUT2D eigenvalue weighted by atomic mass is 16.2. The average molecular weight is 300 g/mol. The summed E-state index contributed by atoms with van der Waals surface area (Å²) < 4.78 is 0. The monoisotopic (exact) mass is 300 g/mol. The first-order chi connectivity index (χ1) is 10.8. The molecule has 1 amide bonds. The Morgan fingerprint density at radius 1 is 1.18 bits per heavy atom. The molecule has 1 aliphatic heterocycles. The molecule has 1 aromatic carbocycles. The van der Waals surface area contributed by atoms with Gasteiger partial charge >= 0.3 is 0 Å². The van der Waals surface area contributed by atoms with Gasteiger partial charge in [0.25, 0.3) is 0 Å². The van der Waals surface area contributed by atoms with E-state index < -0.39 is 0 Å². The lowest BCUT2D eigenvalue weighted by atomic mass is 9.86. The van der Waals surface area contributed by atoms with Crippen LogP contribution in [0.4, 0.5) is 0 Å². The lowest BCUT2D eigenvalue weighted by Crippen LogP contribution is -2.52. The number of hydrogen-bond donors (Lipinski definition) is 1. The van der Waals surface area contributed by atoms with E-state index in [0.29, 0.717) is 17.9 Å². The van der Waals surface area contributed by atoms with Crippen molar-refractivity contribution in [2.24, 2.45) is 11.8 Å². The highest BCUT2D eigenvalue weighted by Crippen LogP contribution is 2.28. The van der Waals surface area contributed by atoms with E-state index in [2.05, 4.69) is 41.4 Å². The first-order valence-electron chi connectivity index (χ1n) is 8.81. The maximum atomic E-state index is 13.1. The maximum absolute atomic E-state index is 13.1. The number of hydrogen-bond acceptors (Lipinski definition) is 2. The largest absolute Gasteiger partial charge is 0.335 e. The Balaban J connectivity index is 1.73. The predicted octanol–water partition coefficient (Wildman–Crippen LogP) is 3.20. The van der Waals surface area contributed by atoms with E-state index in [4.69, 9.17) is 0 Å². The summed E-state index contributed by atoms with van der Waals surface area (Å²) >= 11 is 0. The highest BCUT2D eigenvalue weighted by Gasteiger charge is 2.34. The number of carbonyl (C=O) groups excluding carboxylic acids is 1. The molecule has 1 atom stereocenters. The quantitative estimate of drug-likeness (QED) is 0.905. The number of nitrogens with one attached hydrogen (secondary N) is 1. The van der Waals surface area contributed by atoms with Gasteiger partial charge in [-0.1, -0.05) is 56.5 Å². The van der Waals surface area contributed by atoms with E-state index in [1.165, 1.54) is 37.7 Å². The predicted molar refractivity (Wildman–Crippen MR) is 89.4 cm³/mol. The Labute approximate surface area is 134 Å². The second-order valence-corrected chi connectivity index (χ2v) is 6.95. The molecule has 1 aromatic rings. The van der Waals surface area contributed by atoms with Crippen LogP contribution in [0, 0.1) is 11.8 Å². The van der Waals surface area contributed by atoms with Crippen LogP contribution in [0.3, 0.4) is 0 Å². The Morgan fingerprint density at radius 3 is 2.45 bits per heavy atom. The summed E-state index contributed by atoms with van der Waals surface area (Å²) in [7, 11) is 0. The van der Waals surface area contributed by atoms with E-state index in [9.17, 15) is 4.79 Å². The SMILES string of the molecule is CC(C(=O)N(Cc1ccccc1)C1CCCCC1)C1CNC1. The van der Waals surface area contributed by atoms with Crippen LogP contribution in [0.2, 0.25) is 0 Å². The van der Waals surface area contributed by atoms with Gasteiger partial charge < -0.3 is 10.2 Å². The fourth-order valence-corrected chi connectivity index (χ4v) is 3.69. The minimum Gasteiger partial charge on any atom is -0.335 e. The van der Waals surface area contributed by atoms with Crippen molar-refractivity contribution in [2.75, 3.05) is 13.1 Å². The van der Waals surface area contributed by atoms with Gasteiger partial charge in [0.05, 0.1) is 0 Å². The van der Waals surface area contributed by atoms with Crippen LogP contribution in [0.5, 0.6) is 0 Å². The lowest BCUT2D eigenvalue weighted by Gasteiger charge is -2.39. The summed E-state index contributed by atoms with van der Waals surface area (Å²) in [5.41, 5.74) is 1.25. The number of nitrogens with zero attached hydrogens (tertiary/aromatic N) is 1. The summed E-state index contributed by atoms with van der Waals surface area (Å²) in [5, 5.41) is 3.29. The van der Waals surface area contributed by atoms with Crippen LogP contribution in [-0.4, -0.2) is 29.9 Å². The lowest BCUT2D eigenvalue weighted by molar-refractivity contribution is -0.141. The summed E-state index contributed by atoms with van der Waals surface area (Å²) in [5.74, 6) is 1.03. The summed E-state index contributed by atoms with van der Waals surface area (Å²) in [6.45, 7) is 4.89.